The molecule has 10 nitrogen and oxygen atoms in total. The molecular formula is C39H41ClN6O4. The van der Waals surface area contributed by atoms with Gasteiger partial charge in [-0.2, -0.15) is 0 Å². The minimum Gasteiger partial charge on any atom is -0.496 e. The molecule has 258 valence electrons. The fourth-order valence-corrected chi connectivity index (χ4v) is 8.78. The van der Waals surface area contributed by atoms with E-state index < -0.39 is 0 Å². The summed E-state index contributed by atoms with van der Waals surface area (Å²) in [6, 6.07) is 18.4. The molecule has 4 fully saturated rings. The zero-order chi connectivity index (χ0) is 34.6. The largest absolute Gasteiger partial charge is 0.496 e. The molecule has 0 radical (unpaired) electrons. The second kappa shape index (κ2) is 12.7. The van der Waals surface area contributed by atoms with E-state index in [1.807, 2.05) is 36.5 Å². The average molecular weight is 693 g/mol. The van der Waals surface area contributed by atoms with Crippen molar-refractivity contribution in [2.24, 2.45) is 10.8 Å². The van der Waals surface area contributed by atoms with Crippen LogP contribution in [0.5, 0.6) is 11.6 Å². The summed E-state index contributed by atoms with van der Waals surface area (Å²) in [6.45, 7) is 8.67. The third-order valence-electron chi connectivity index (χ3n) is 10.9. The third-order valence-corrected chi connectivity index (χ3v) is 11.3. The van der Waals surface area contributed by atoms with Crippen LogP contribution in [0.4, 0.5) is 0 Å². The molecule has 50 heavy (non-hydrogen) atoms. The van der Waals surface area contributed by atoms with Crippen LogP contribution in [-0.4, -0.2) is 85.1 Å². The van der Waals surface area contributed by atoms with Crippen LogP contribution in [0.25, 0.3) is 33.6 Å². The van der Waals surface area contributed by atoms with Gasteiger partial charge in [-0.15, -0.1) is 0 Å². The number of hydrogen-bond donors (Lipinski definition) is 2. The summed E-state index contributed by atoms with van der Waals surface area (Å²) in [6.07, 6.45) is 3.05. The lowest BCUT2D eigenvalue weighted by atomic mass is 9.79. The van der Waals surface area contributed by atoms with E-state index in [9.17, 15) is 9.59 Å². The molecule has 2 amide bonds. The monoisotopic (exact) mass is 692 g/mol. The normalized spacial score (nSPS) is 19.3. The highest BCUT2D eigenvalue weighted by Gasteiger charge is 2.49. The second-order valence-electron chi connectivity index (χ2n) is 14.6. The maximum atomic E-state index is 11.8. The van der Waals surface area contributed by atoms with E-state index in [2.05, 4.69) is 51.6 Å². The lowest BCUT2D eigenvalue weighted by molar-refractivity contribution is -0.121. The standard InChI is InChI=1S/C39H41ClN6O4/c1-24-28(11-12-41-36(24)25-7-8-26(32(13-25)49-2)16-45-20-38(21-45)14-33(47)42-18-38)29-5-4-6-30(35(29)40)31-10-9-27(37(44-31)50-3)17-46-22-39(23-46)15-34(48)43-19-39/h4-13H,14-23H2,1-3H3,(H,42,47)(H,43,48). The van der Waals surface area contributed by atoms with Crippen molar-refractivity contribution in [2.75, 3.05) is 53.5 Å². The number of methoxy groups -OCH3 is 2. The Morgan fingerprint density at radius 2 is 1.44 bits per heavy atom. The zero-order valence-corrected chi connectivity index (χ0v) is 29.4. The predicted molar refractivity (Wildman–Crippen MR) is 192 cm³/mol. The number of carbonyl (C=O) groups is 2. The maximum absolute atomic E-state index is 11.8. The number of hydrogen-bond acceptors (Lipinski definition) is 8. The van der Waals surface area contributed by atoms with Crippen LogP contribution in [0.15, 0.2) is 60.8 Å². The number of benzene rings is 2. The summed E-state index contributed by atoms with van der Waals surface area (Å²) in [5.41, 5.74) is 8.56. The Bertz CT molecular complexity index is 1860. The van der Waals surface area contributed by atoms with E-state index in [0.717, 1.165) is 102 Å². The molecule has 2 spiro atoms. The van der Waals surface area contributed by atoms with Gasteiger partial charge in [0.25, 0.3) is 0 Å². The molecule has 0 aliphatic carbocycles. The van der Waals surface area contributed by atoms with Crippen LogP contribution < -0.4 is 20.1 Å². The van der Waals surface area contributed by atoms with Gasteiger partial charge in [0.2, 0.25) is 17.7 Å². The van der Waals surface area contributed by atoms with Gasteiger partial charge in [0.05, 0.1) is 30.6 Å². The highest BCUT2D eigenvalue weighted by atomic mass is 35.5. The molecule has 4 aliphatic heterocycles. The molecule has 0 bridgehead atoms. The van der Waals surface area contributed by atoms with E-state index in [1.54, 1.807) is 14.2 Å². The Hall–Kier alpha value is -4.51. The van der Waals surface area contributed by atoms with Gasteiger partial charge in [-0.3, -0.25) is 24.4 Å². The number of halogens is 1. The number of ether oxygens (including phenoxy) is 2. The molecule has 4 aromatic rings. The Labute approximate surface area is 297 Å². The van der Waals surface area contributed by atoms with Crippen molar-refractivity contribution in [3.8, 4) is 45.3 Å². The Morgan fingerprint density at radius 3 is 2.06 bits per heavy atom. The third kappa shape index (κ3) is 5.89. The molecule has 2 aromatic carbocycles. The smallest absolute Gasteiger partial charge is 0.220 e. The molecule has 4 saturated heterocycles. The lowest BCUT2D eigenvalue weighted by Gasteiger charge is -2.47. The van der Waals surface area contributed by atoms with Crippen molar-refractivity contribution in [2.45, 2.75) is 32.9 Å². The van der Waals surface area contributed by atoms with Gasteiger partial charge in [-0.25, -0.2) is 4.98 Å². The summed E-state index contributed by atoms with van der Waals surface area (Å²) in [7, 11) is 3.35. The Kier molecular flexibility index (Phi) is 8.28. The van der Waals surface area contributed by atoms with E-state index in [-0.39, 0.29) is 22.6 Å². The maximum Gasteiger partial charge on any atom is 0.220 e. The lowest BCUT2D eigenvalue weighted by Crippen LogP contribution is -2.56. The Balaban J connectivity index is 1.01. The quantitative estimate of drug-likeness (QED) is 0.250. The number of pyridine rings is 2. The van der Waals surface area contributed by atoms with Gasteiger partial charge in [-0.1, -0.05) is 48.0 Å². The molecule has 0 saturated carbocycles. The number of aromatic nitrogens is 2. The number of nitrogens with zero attached hydrogens (tertiary/aromatic N) is 4. The second-order valence-corrected chi connectivity index (χ2v) is 15.0. The molecule has 0 unspecified atom stereocenters. The minimum absolute atomic E-state index is 0.0708. The summed E-state index contributed by atoms with van der Waals surface area (Å²) in [5.74, 6) is 1.70. The SMILES string of the molecule is COc1cc(-c2nccc(-c3cccc(-c4ccc(CN5CC6(CNC(=O)C6)C5)c(OC)n4)c3Cl)c2C)ccc1CN1CC2(CNC(=O)C2)C1. The fraction of sp³-hybridized carbons (Fsp3) is 0.385. The topological polar surface area (TPSA) is 109 Å². The Morgan fingerprint density at radius 1 is 0.800 bits per heavy atom. The first kappa shape index (κ1) is 32.7. The van der Waals surface area contributed by atoms with E-state index in [1.165, 1.54) is 0 Å². The molecule has 2 N–H and O–H groups in total. The predicted octanol–water partition coefficient (Wildman–Crippen LogP) is 5.10. The van der Waals surface area contributed by atoms with Crippen molar-refractivity contribution in [1.29, 1.82) is 0 Å². The molecule has 2 aromatic heterocycles. The highest BCUT2D eigenvalue weighted by molar-refractivity contribution is 6.36. The first-order chi connectivity index (χ1) is 24.2. The van der Waals surface area contributed by atoms with Crippen LogP contribution in [0.2, 0.25) is 5.02 Å². The van der Waals surface area contributed by atoms with Gasteiger partial charge < -0.3 is 20.1 Å². The van der Waals surface area contributed by atoms with Crippen LogP contribution >= 0.6 is 11.6 Å². The van der Waals surface area contributed by atoms with E-state index in [4.69, 9.17) is 31.0 Å². The van der Waals surface area contributed by atoms with Gasteiger partial charge in [-0.05, 0) is 36.2 Å². The molecule has 4 aliphatic rings. The first-order valence-electron chi connectivity index (χ1n) is 17.1. The number of nitrogens with one attached hydrogen (secondary N) is 2. The fourth-order valence-electron chi connectivity index (χ4n) is 8.46. The summed E-state index contributed by atoms with van der Waals surface area (Å²) in [5, 5.41) is 6.56. The summed E-state index contributed by atoms with van der Waals surface area (Å²) >= 11 is 7.18. The van der Waals surface area contributed by atoms with Gasteiger partial charge in [0.1, 0.15) is 5.75 Å². The van der Waals surface area contributed by atoms with Crippen LogP contribution in [0, 0.1) is 17.8 Å². The zero-order valence-electron chi connectivity index (χ0n) is 28.6. The van der Waals surface area contributed by atoms with E-state index in [0.29, 0.717) is 30.3 Å². The van der Waals surface area contributed by atoms with Crippen LogP contribution in [0.1, 0.15) is 29.5 Å². The van der Waals surface area contributed by atoms with Crippen LogP contribution in [0.3, 0.4) is 0 Å². The molecule has 6 heterocycles. The van der Waals surface area contributed by atoms with Crippen molar-refractivity contribution < 1.29 is 19.1 Å². The molecular weight excluding hydrogens is 652 g/mol. The van der Waals surface area contributed by atoms with Crippen molar-refractivity contribution in [1.82, 2.24) is 30.4 Å². The highest BCUT2D eigenvalue weighted by Crippen LogP contribution is 2.42. The first-order valence-corrected chi connectivity index (χ1v) is 17.5. The molecule has 0 atom stereocenters. The number of rotatable bonds is 9. The van der Waals surface area contributed by atoms with Crippen LogP contribution in [-0.2, 0) is 22.7 Å². The molecule has 8 rings (SSSR count). The summed E-state index contributed by atoms with van der Waals surface area (Å²) < 4.78 is 11.6. The van der Waals surface area contributed by atoms with E-state index >= 15 is 0 Å². The summed E-state index contributed by atoms with van der Waals surface area (Å²) in [4.78, 5) is 37.9. The number of carbonyl (C=O) groups excluding carboxylic acids is 2. The van der Waals surface area contributed by atoms with Gasteiger partial charge in [0.15, 0.2) is 0 Å². The van der Waals surface area contributed by atoms with Crippen molar-refractivity contribution in [3.05, 3.63) is 82.5 Å². The van der Waals surface area contributed by atoms with Gasteiger partial charge >= 0.3 is 0 Å². The number of likely N-dealkylation sites (tertiary alicyclic amines) is 2. The van der Waals surface area contributed by atoms with Crippen molar-refractivity contribution >= 4 is 23.4 Å². The van der Waals surface area contributed by atoms with Gasteiger partial charge in [0, 0.05) is 110 Å². The van der Waals surface area contributed by atoms with Crippen molar-refractivity contribution in [3.63, 3.8) is 0 Å². The average Bonchev–Trinajstić information content (AvgIpc) is 3.68. The number of amides is 2. The minimum atomic E-state index is 0.0708. The molecule has 11 heteroatoms.